The van der Waals surface area contributed by atoms with Gasteiger partial charge in [0.1, 0.15) is 11.6 Å². The van der Waals surface area contributed by atoms with Gasteiger partial charge in [0.15, 0.2) is 0 Å². The molecule has 116 valence electrons. The maximum atomic E-state index is 13.1. The van der Waals surface area contributed by atoms with Crippen LogP contribution in [0.4, 0.5) is 8.78 Å². The van der Waals surface area contributed by atoms with Crippen molar-refractivity contribution in [2.75, 3.05) is 33.9 Å². The Labute approximate surface area is 121 Å². The average Bonchev–Trinajstić information content (AvgIpc) is 2.41. The highest BCUT2D eigenvalue weighted by molar-refractivity contribution is 5.96. The molecule has 1 aromatic rings. The van der Waals surface area contributed by atoms with Crippen LogP contribution in [0.3, 0.4) is 0 Å². The van der Waals surface area contributed by atoms with Gasteiger partial charge in [-0.05, 0) is 18.6 Å². The molecule has 21 heavy (non-hydrogen) atoms. The van der Waals surface area contributed by atoms with Gasteiger partial charge in [0.25, 0.3) is 5.91 Å². The largest absolute Gasteiger partial charge is 0.385 e. The molecule has 0 aliphatic carbocycles. The van der Waals surface area contributed by atoms with Gasteiger partial charge in [-0.15, -0.1) is 0 Å². The summed E-state index contributed by atoms with van der Waals surface area (Å²) in [6.45, 7) is 0.769. The summed E-state index contributed by atoms with van der Waals surface area (Å²) in [5.41, 5.74) is -0.137. The summed E-state index contributed by atoms with van der Waals surface area (Å²) in [4.78, 5) is 24.6. The van der Waals surface area contributed by atoms with E-state index in [0.29, 0.717) is 25.6 Å². The smallest absolute Gasteiger partial charge is 0.254 e. The third-order valence-electron chi connectivity index (χ3n) is 2.68. The average molecular weight is 300 g/mol. The SMILES string of the molecule is COCCCNC(=O)CN(C)C(=O)c1cc(F)cc(F)c1. The van der Waals surface area contributed by atoms with Gasteiger partial charge in [-0.2, -0.15) is 0 Å². The zero-order valence-corrected chi connectivity index (χ0v) is 12.0. The number of halogens is 2. The first kappa shape index (κ1) is 17.0. The number of benzene rings is 1. The van der Waals surface area contributed by atoms with Crippen molar-refractivity contribution in [1.82, 2.24) is 10.2 Å². The predicted octanol–water partition coefficient (Wildman–Crippen LogP) is 1.19. The molecule has 1 N–H and O–H groups in total. The predicted molar refractivity (Wildman–Crippen MR) is 72.8 cm³/mol. The van der Waals surface area contributed by atoms with Crippen LogP contribution < -0.4 is 5.32 Å². The van der Waals surface area contributed by atoms with Gasteiger partial charge in [-0.25, -0.2) is 8.78 Å². The van der Waals surface area contributed by atoms with Crippen molar-refractivity contribution in [3.8, 4) is 0 Å². The van der Waals surface area contributed by atoms with Crippen LogP contribution >= 0.6 is 0 Å². The van der Waals surface area contributed by atoms with Gasteiger partial charge in [-0.3, -0.25) is 9.59 Å². The van der Waals surface area contributed by atoms with Crippen LogP contribution in [-0.4, -0.2) is 50.6 Å². The van der Waals surface area contributed by atoms with E-state index in [4.69, 9.17) is 4.74 Å². The van der Waals surface area contributed by atoms with Crippen molar-refractivity contribution in [3.63, 3.8) is 0 Å². The molecular formula is C14H18F2N2O3. The highest BCUT2D eigenvalue weighted by Gasteiger charge is 2.16. The van der Waals surface area contributed by atoms with Crippen molar-refractivity contribution in [2.45, 2.75) is 6.42 Å². The first-order valence-electron chi connectivity index (χ1n) is 6.41. The number of hydrogen-bond acceptors (Lipinski definition) is 3. The van der Waals surface area contributed by atoms with E-state index in [9.17, 15) is 18.4 Å². The normalized spacial score (nSPS) is 10.3. The number of nitrogens with one attached hydrogen (secondary N) is 1. The lowest BCUT2D eigenvalue weighted by molar-refractivity contribution is -0.121. The molecule has 0 unspecified atom stereocenters. The lowest BCUT2D eigenvalue weighted by atomic mass is 10.2. The minimum absolute atomic E-state index is 0.137. The van der Waals surface area contributed by atoms with Gasteiger partial charge in [0.2, 0.25) is 5.91 Å². The topological polar surface area (TPSA) is 58.6 Å². The van der Waals surface area contributed by atoms with Crippen LogP contribution in [0.25, 0.3) is 0 Å². The second-order valence-corrected chi connectivity index (χ2v) is 4.52. The van der Waals surface area contributed by atoms with Crippen molar-refractivity contribution in [1.29, 1.82) is 0 Å². The number of methoxy groups -OCH3 is 1. The highest BCUT2D eigenvalue weighted by Crippen LogP contribution is 2.10. The molecule has 1 rings (SSSR count). The lowest BCUT2D eigenvalue weighted by Crippen LogP contribution is -2.38. The van der Waals surface area contributed by atoms with Crippen LogP contribution in [-0.2, 0) is 9.53 Å². The Bertz CT molecular complexity index is 489. The molecule has 0 aliphatic heterocycles. The second-order valence-electron chi connectivity index (χ2n) is 4.52. The molecule has 0 bridgehead atoms. The first-order chi connectivity index (χ1) is 9.93. The Balaban J connectivity index is 2.52. The molecule has 2 amide bonds. The Morgan fingerprint density at radius 2 is 1.86 bits per heavy atom. The van der Waals surface area contributed by atoms with Crippen molar-refractivity contribution >= 4 is 11.8 Å². The molecule has 0 fully saturated rings. The summed E-state index contributed by atoms with van der Waals surface area (Å²) in [5.74, 6) is -2.65. The molecule has 0 aromatic heterocycles. The fourth-order valence-corrected chi connectivity index (χ4v) is 1.69. The Morgan fingerprint density at radius 3 is 2.43 bits per heavy atom. The van der Waals surface area contributed by atoms with Crippen molar-refractivity contribution in [3.05, 3.63) is 35.4 Å². The molecule has 0 saturated carbocycles. The Morgan fingerprint density at radius 1 is 1.24 bits per heavy atom. The number of hydrogen-bond donors (Lipinski definition) is 1. The molecule has 0 aliphatic rings. The zero-order valence-electron chi connectivity index (χ0n) is 12.0. The number of carbonyl (C=O) groups is 2. The fraction of sp³-hybridized carbons (Fsp3) is 0.429. The van der Waals surface area contributed by atoms with Gasteiger partial charge < -0.3 is 15.0 Å². The first-order valence-corrected chi connectivity index (χ1v) is 6.41. The van der Waals surface area contributed by atoms with Crippen LogP contribution in [0.15, 0.2) is 18.2 Å². The molecule has 0 saturated heterocycles. The molecule has 0 atom stereocenters. The van der Waals surface area contributed by atoms with E-state index in [1.165, 1.54) is 7.05 Å². The van der Waals surface area contributed by atoms with Crippen molar-refractivity contribution < 1.29 is 23.1 Å². The van der Waals surface area contributed by atoms with Gasteiger partial charge in [0, 0.05) is 38.9 Å². The summed E-state index contributed by atoms with van der Waals surface area (Å²) in [6, 6.07) is 2.54. The number of likely N-dealkylation sites (N-methyl/N-ethyl adjacent to an activating group) is 1. The monoisotopic (exact) mass is 300 g/mol. The van der Waals surface area contributed by atoms with Crippen LogP contribution in [0.1, 0.15) is 16.8 Å². The number of nitrogens with zero attached hydrogens (tertiary/aromatic N) is 1. The molecule has 0 radical (unpaired) electrons. The van der Waals surface area contributed by atoms with E-state index in [0.717, 1.165) is 17.0 Å². The van der Waals surface area contributed by atoms with Crippen LogP contribution in [0.2, 0.25) is 0 Å². The van der Waals surface area contributed by atoms with Crippen molar-refractivity contribution in [2.24, 2.45) is 0 Å². The lowest BCUT2D eigenvalue weighted by Gasteiger charge is -2.17. The summed E-state index contributed by atoms with van der Waals surface area (Å²) in [7, 11) is 2.95. The molecule has 7 heteroatoms. The maximum absolute atomic E-state index is 13.1. The second kappa shape index (κ2) is 8.31. The summed E-state index contributed by atoms with van der Waals surface area (Å²) < 4.78 is 30.9. The molecular weight excluding hydrogens is 282 g/mol. The number of rotatable bonds is 7. The molecule has 1 aromatic carbocycles. The van der Waals surface area contributed by atoms with Gasteiger partial charge in [0.05, 0.1) is 6.54 Å². The Kier molecular flexibility index (Phi) is 6.74. The number of amides is 2. The van der Waals surface area contributed by atoms with E-state index < -0.39 is 17.5 Å². The van der Waals surface area contributed by atoms with E-state index >= 15 is 0 Å². The molecule has 0 heterocycles. The van der Waals surface area contributed by atoms with E-state index in [2.05, 4.69) is 5.32 Å². The van der Waals surface area contributed by atoms with E-state index in [1.54, 1.807) is 7.11 Å². The summed E-state index contributed by atoms with van der Waals surface area (Å²) in [6.07, 6.45) is 0.662. The maximum Gasteiger partial charge on any atom is 0.254 e. The highest BCUT2D eigenvalue weighted by atomic mass is 19.1. The quantitative estimate of drug-likeness (QED) is 0.770. The van der Waals surface area contributed by atoms with Gasteiger partial charge in [-0.1, -0.05) is 0 Å². The fourth-order valence-electron chi connectivity index (χ4n) is 1.69. The minimum Gasteiger partial charge on any atom is -0.385 e. The third-order valence-corrected chi connectivity index (χ3v) is 2.68. The number of carbonyl (C=O) groups excluding carboxylic acids is 2. The summed E-state index contributed by atoms with van der Waals surface area (Å²) >= 11 is 0. The standard InChI is InChI=1S/C14H18F2N2O3/c1-18(9-13(19)17-4-3-5-21-2)14(20)10-6-11(15)8-12(16)7-10/h6-8H,3-5,9H2,1-2H3,(H,17,19). The summed E-state index contributed by atoms with van der Waals surface area (Å²) in [5, 5.41) is 2.62. The third kappa shape index (κ3) is 5.86. The Hall–Kier alpha value is -2.02. The minimum atomic E-state index is -0.837. The van der Waals surface area contributed by atoms with E-state index in [-0.39, 0.29) is 18.0 Å². The van der Waals surface area contributed by atoms with Crippen LogP contribution in [0, 0.1) is 11.6 Å². The molecule has 0 spiro atoms. The van der Waals surface area contributed by atoms with Gasteiger partial charge >= 0.3 is 0 Å². The van der Waals surface area contributed by atoms with Crippen LogP contribution in [0.5, 0.6) is 0 Å². The zero-order chi connectivity index (χ0) is 15.8. The van der Waals surface area contributed by atoms with E-state index in [1.807, 2.05) is 0 Å². The number of ether oxygens (including phenoxy) is 1. The molecule has 5 nitrogen and oxygen atoms in total.